The second kappa shape index (κ2) is 7.57. The summed E-state index contributed by atoms with van der Waals surface area (Å²) < 4.78 is 11.7. The predicted molar refractivity (Wildman–Crippen MR) is 93.7 cm³/mol. The van der Waals surface area contributed by atoms with Gasteiger partial charge in [-0.2, -0.15) is 0 Å². The lowest BCUT2D eigenvalue weighted by atomic mass is 10.0. The van der Waals surface area contributed by atoms with Crippen LogP contribution in [0, 0.1) is 6.92 Å². The van der Waals surface area contributed by atoms with E-state index in [9.17, 15) is 14.7 Å². The van der Waals surface area contributed by atoms with Crippen molar-refractivity contribution in [2.24, 2.45) is 0 Å². The molecule has 0 saturated carbocycles. The van der Waals surface area contributed by atoms with Gasteiger partial charge in [0.2, 0.25) is 0 Å². The summed E-state index contributed by atoms with van der Waals surface area (Å²) in [5, 5.41) is 10.9. The van der Waals surface area contributed by atoms with E-state index < -0.39 is 11.9 Å². The Labute approximate surface area is 146 Å². The molecule has 0 bridgehead atoms. The molecular formula is C18H24N2O5. The van der Waals surface area contributed by atoms with Gasteiger partial charge in [-0.05, 0) is 40.1 Å². The van der Waals surface area contributed by atoms with Crippen molar-refractivity contribution in [2.75, 3.05) is 27.8 Å². The van der Waals surface area contributed by atoms with Crippen molar-refractivity contribution in [1.82, 2.24) is 9.47 Å². The van der Waals surface area contributed by atoms with Crippen molar-refractivity contribution in [1.29, 1.82) is 0 Å². The molecule has 1 N–H and O–H groups in total. The second-order valence-corrected chi connectivity index (χ2v) is 6.04. The van der Waals surface area contributed by atoms with E-state index in [-0.39, 0.29) is 18.9 Å². The molecule has 0 aliphatic heterocycles. The highest BCUT2D eigenvalue weighted by atomic mass is 16.5. The van der Waals surface area contributed by atoms with Gasteiger partial charge < -0.3 is 24.0 Å². The molecule has 2 rings (SSSR count). The van der Waals surface area contributed by atoms with Gasteiger partial charge in [-0.25, -0.2) is 4.79 Å². The molecule has 0 fully saturated rings. The Bertz CT molecular complexity index is 808. The number of hydrogen-bond acceptors (Lipinski definition) is 6. The van der Waals surface area contributed by atoms with Crippen LogP contribution in [0.25, 0.3) is 10.9 Å². The summed E-state index contributed by atoms with van der Waals surface area (Å²) in [5.74, 6) is -0.793. The molecule has 7 heteroatoms. The van der Waals surface area contributed by atoms with Crippen LogP contribution in [0.3, 0.4) is 0 Å². The largest absolute Gasteiger partial charge is 0.508 e. The normalized spacial score (nSPS) is 11.1. The second-order valence-electron chi connectivity index (χ2n) is 6.04. The summed E-state index contributed by atoms with van der Waals surface area (Å²) in [6, 6.07) is 3.27. The molecule has 0 atom stereocenters. The van der Waals surface area contributed by atoms with Gasteiger partial charge in [0.1, 0.15) is 12.3 Å². The average molecular weight is 348 g/mol. The van der Waals surface area contributed by atoms with E-state index in [4.69, 9.17) is 9.47 Å². The number of fused-ring (bicyclic) bond motifs is 1. The van der Waals surface area contributed by atoms with Gasteiger partial charge in [-0.15, -0.1) is 0 Å². The van der Waals surface area contributed by atoms with Gasteiger partial charge in [-0.1, -0.05) is 0 Å². The van der Waals surface area contributed by atoms with Crippen LogP contribution in [-0.4, -0.2) is 54.3 Å². The number of aromatic nitrogens is 1. The Morgan fingerprint density at radius 1 is 1.28 bits per heavy atom. The van der Waals surface area contributed by atoms with Crippen molar-refractivity contribution in [3.05, 3.63) is 29.0 Å². The number of methoxy groups -OCH3 is 1. The monoisotopic (exact) mass is 348 g/mol. The zero-order valence-electron chi connectivity index (χ0n) is 15.3. The van der Waals surface area contributed by atoms with Crippen LogP contribution in [0.15, 0.2) is 12.1 Å². The SMILES string of the molecule is CCOC(=O)c1c(C)n(CC(=O)OC)c2ccc(O)c(CN(C)C)c12. The molecule has 1 heterocycles. The minimum Gasteiger partial charge on any atom is -0.508 e. The number of aromatic hydroxyl groups is 1. The third kappa shape index (κ3) is 3.61. The van der Waals surface area contributed by atoms with E-state index in [2.05, 4.69) is 0 Å². The molecule has 0 amide bonds. The molecule has 0 aliphatic carbocycles. The molecule has 2 aromatic rings. The van der Waals surface area contributed by atoms with Gasteiger partial charge in [-0.3, -0.25) is 4.79 Å². The summed E-state index contributed by atoms with van der Waals surface area (Å²) in [4.78, 5) is 26.2. The van der Waals surface area contributed by atoms with E-state index in [0.29, 0.717) is 34.3 Å². The molecular weight excluding hydrogens is 324 g/mol. The number of esters is 2. The van der Waals surface area contributed by atoms with Crippen molar-refractivity contribution in [3.63, 3.8) is 0 Å². The highest BCUT2D eigenvalue weighted by Gasteiger charge is 2.26. The summed E-state index contributed by atoms with van der Waals surface area (Å²) in [6.07, 6.45) is 0. The number of phenolic OH excluding ortho intramolecular Hbond substituents is 1. The first kappa shape index (κ1) is 18.8. The fraction of sp³-hybridized carbons (Fsp3) is 0.444. The minimum absolute atomic E-state index is 0.0234. The van der Waals surface area contributed by atoms with Crippen LogP contribution < -0.4 is 0 Å². The number of carbonyl (C=O) groups excluding carboxylic acids is 2. The predicted octanol–water partition coefficient (Wildman–Crippen LogP) is 2.07. The molecule has 1 aromatic carbocycles. The Balaban J connectivity index is 2.81. The first-order valence-electron chi connectivity index (χ1n) is 8.04. The number of benzene rings is 1. The lowest BCUT2D eigenvalue weighted by molar-refractivity contribution is -0.141. The fourth-order valence-electron chi connectivity index (χ4n) is 2.95. The van der Waals surface area contributed by atoms with Crippen LogP contribution in [0.2, 0.25) is 0 Å². The van der Waals surface area contributed by atoms with Gasteiger partial charge >= 0.3 is 11.9 Å². The summed E-state index contributed by atoms with van der Waals surface area (Å²) >= 11 is 0. The van der Waals surface area contributed by atoms with Crippen LogP contribution in [0.5, 0.6) is 5.75 Å². The number of carbonyl (C=O) groups is 2. The number of rotatable bonds is 6. The van der Waals surface area contributed by atoms with Crippen LogP contribution in [0.4, 0.5) is 0 Å². The van der Waals surface area contributed by atoms with E-state index >= 15 is 0 Å². The molecule has 1 aromatic heterocycles. The maximum atomic E-state index is 12.6. The molecule has 0 unspecified atom stereocenters. The number of nitrogens with zero attached hydrogens (tertiary/aromatic N) is 2. The van der Waals surface area contributed by atoms with Crippen LogP contribution >= 0.6 is 0 Å². The molecule has 25 heavy (non-hydrogen) atoms. The standard InChI is InChI=1S/C18H24N2O5/c1-6-25-18(23)16-11(2)20(10-15(22)24-5)13-7-8-14(21)12(17(13)16)9-19(3)4/h7-8,21H,6,9-10H2,1-5H3. The van der Waals surface area contributed by atoms with Crippen molar-refractivity contribution >= 4 is 22.8 Å². The highest BCUT2D eigenvalue weighted by Crippen LogP contribution is 2.35. The van der Waals surface area contributed by atoms with Crippen molar-refractivity contribution in [2.45, 2.75) is 26.9 Å². The fourth-order valence-corrected chi connectivity index (χ4v) is 2.95. The zero-order valence-corrected chi connectivity index (χ0v) is 15.3. The van der Waals surface area contributed by atoms with Gasteiger partial charge in [0.05, 0.1) is 24.8 Å². The smallest absolute Gasteiger partial charge is 0.340 e. The minimum atomic E-state index is -0.473. The topological polar surface area (TPSA) is 81.0 Å². The Morgan fingerprint density at radius 3 is 2.52 bits per heavy atom. The average Bonchev–Trinajstić information content (AvgIpc) is 2.82. The van der Waals surface area contributed by atoms with Crippen molar-refractivity contribution in [3.8, 4) is 5.75 Å². The Kier molecular flexibility index (Phi) is 5.69. The third-order valence-corrected chi connectivity index (χ3v) is 4.04. The molecule has 136 valence electrons. The molecule has 0 spiro atoms. The maximum absolute atomic E-state index is 12.6. The molecule has 0 radical (unpaired) electrons. The first-order chi connectivity index (χ1) is 11.8. The number of ether oxygens (including phenoxy) is 2. The lowest BCUT2D eigenvalue weighted by Gasteiger charge is -2.14. The molecule has 7 nitrogen and oxygen atoms in total. The first-order valence-corrected chi connectivity index (χ1v) is 8.04. The number of phenols is 1. The van der Waals surface area contributed by atoms with E-state index in [1.165, 1.54) is 7.11 Å². The van der Waals surface area contributed by atoms with Crippen molar-refractivity contribution < 1.29 is 24.2 Å². The van der Waals surface area contributed by atoms with Gasteiger partial charge in [0.25, 0.3) is 0 Å². The maximum Gasteiger partial charge on any atom is 0.340 e. The third-order valence-electron chi connectivity index (χ3n) is 4.04. The van der Waals surface area contributed by atoms with Gasteiger partial charge in [0, 0.05) is 23.2 Å². The molecule has 0 saturated heterocycles. The quantitative estimate of drug-likeness (QED) is 0.805. The lowest BCUT2D eigenvalue weighted by Crippen LogP contribution is -2.13. The van der Waals surface area contributed by atoms with E-state index in [0.717, 1.165) is 0 Å². The zero-order chi connectivity index (χ0) is 18.7. The Hall–Kier alpha value is -2.54. The van der Waals surface area contributed by atoms with Crippen LogP contribution in [-0.2, 0) is 27.4 Å². The summed E-state index contributed by atoms with van der Waals surface area (Å²) in [5.41, 5.74) is 2.27. The highest BCUT2D eigenvalue weighted by molar-refractivity contribution is 6.08. The van der Waals surface area contributed by atoms with E-state index in [1.807, 2.05) is 19.0 Å². The number of hydrogen-bond donors (Lipinski definition) is 1. The van der Waals surface area contributed by atoms with E-state index in [1.54, 1.807) is 30.5 Å². The van der Waals surface area contributed by atoms with Crippen LogP contribution in [0.1, 0.15) is 28.5 Å². The van der Waals surface area contributed by atoms with Gasteiger partial charge in [0.15, 0.2) is 0 Å². The summed E-state index contributed by atoms with van der Waals surface area (Å²) in [7, 11) is 5.07. The summed E-state index contributed by atoms with van der Waals surface area (Å²) in [6.45, 7) is 4.15. The molecule has 0 aliphatic rings. The Morgan fingerprint density at radius 2 is 1.96 bits per heavy atom.